The Kier molecular flexibility index (Phi) is 5.15. The third-order valence-electron chi connectivity index (χ3n) is 5.69. The van der Waals surface area contributed by atoms with Crippen molar-refractivity contribution in [1.82, 2.24) is 14.5 Å². The van der Waals surface area contributed by atoms with Gasteiger partial charge >= 0.3 is 0 Å². The Morgan fingerprint density at radius 1 is 1.03 bits per heavy atom. The lowest BCUT2D eigenvalue weighted by molar-refractivity contribution is 0.104. The number of carbonyl (C=O) groups is 1. The van der Waals surface area contributed by atoms with E-state index in [1.807, 2.05) is 73.7 Å². The monoisotopic (exact) mass is 439 g/mol. The molecule has 1 N–H and O–H groups in total. The fourth-order valence-corrected chi connectivity index (χ4v) is 4.83. The van der Waals surface area contributed by atoms with Gasteiger partial charge in [0.25, 0.3) is 5.56 Å². The minimum absolute atomic E-state index is 0.00406. The molecule has 5 aromatic rings. The average molecular weight is 440 g/mol. The van der Waals surface area contributed by atoms with Gasteiger partial charge < -0.3 is 4.98 Å². The van der Waals surface area contributed by atoms with Crippen molar-refractivity contribution in [2.75, 3.05) is 0 Å². The second-order valence-electron chi connectivity index (χ2n) is 7.79. The van der Waals surface area contributed by atoms with E-state index in [-0.39, 0.29) is 11.3 Å². The molecular weight excluding hydrogens is 418 g/mol. The Balaban J connectivity index is 1.36. The molecule has 5 nitrogen and oxygen atoms in total. The van der Waals surface area contributed by atoms with Gasteiger partial charge in [-0.05, 0) is 30.2 Å². The van der Waals surface area contributed by atoms with Crippen molar-refractivity contribution >= 4 is 39.4 Å². The second kappa shape index (κ2) is 8.13. The van der Waals surface area contributed by atoms with Crippen LogP contribution in [0.15, 0.2) is 82.9 Å². The summed E-state index contributed by atoms with van der Waals surface area (Å²) in [6.45, 7) is 1.93. The van der Waals surface area contributed by atoms with Crippen molar-refractivity contribution in [3.63, 3.8) is 0 Å². The zero-order valence-electron chi connectivity index (χ0n) is 17.8. The lowest BCUT2D eigenvalue weighted by atomic mass is 10.0. The van der Waals surface area contributed by atoms with Crippen LogP contribution in [-0.4, -0.2) is 20.3 Å². The molecule has 32 heavy (non-hydrogen) atoms. The van der Waals surface area contributed by atoms with E-state index in [1.54, 1.807) is 17.8 Å². The number of nitrogens with one attached hydrogen (secondary N) is 1. The van der Waals surface area contributed by atoms with E-state index < -0.39 is 0 Å². The maximum atomic E-state index is 13.0. The van der Waals surface area contributed by atoms with Gasteiger partial charge in [0.15, 0.2) is 10.9 Å². The largest absolute Gasteiger partial charge is 0.360 e. The Bertz CT molecular complexity index is 1530. The van der Waals surface area contributed by atoms with E-state index in [4.69, 9.17) is 0 Å². The van der Waals surface area contributed by atoms with Crippen molar-refractivity contribution in [2.45, 2.75) is 17.8 Å². The van der Waals surface area contributed by atoms with Crippen LogP contribution in [0.2, 0.25) is 0 Å². The Hall–Kier alpha value is -3.64. The van der Waals surface area contributed by atoms with Crippen LogP contribution in [0.4, 0.5) is 0 Å². The summed E-state index contributed by atoms with van der Waals surface area (Å²) in [7, 11) is 1.76. The third-order valence-corrected chi connectivity index (χ3v) is 6.79. The average Bonchev–Trinajstić information content (AvgIpc) is 3.24. The molecule has 0 unspecified atom stereocenters. The highest BCUT2D eigenvalue weighted by molar-refractivity contribution is 7.98. The summed E-state index contributed by atoms with van der Waals surface area (Å²) in [6.07, 6.45) is 1.77. The fraction of sp³-hybridized carbons (Fsp3) is 0.115. The van der Waals surface area contributed by atoms with Gasteiger partial charge in [0.2, 0.25) is 0 Å². The zero-order valence-corrected chi connectivity index (χ0v) is 18.6. The maximum Gasteiger partial charge on any atom is 0.262 e. The molecule has 0 saturated carbocycles. The third kappa shape index (κ3) is 3.52. The van der Waals surface area contributed by atoms with Crippen LogP contribution < -0.4 is 5.56 Å². The molecule has 0 aliphatic carbocycles. The molecule has 6 heteroatoms. The van der Waals surface area contributed by atoms with Crippen LogP contribution in [0.1, 0.15) is 27.0 Å². The van der Waals surface area contributed by atoms with Gasteiger partial charge in [0.1, 0.15) is 0 Å². The molecule has 0 amide bonds. The molecule has 0 fully saturated rings. The first-order valence-electron chi connectivity index (χ1n) is 10.3. The number of para-hydroxylation sites is 1. The number of hydrogen-bond acceptors (Lipinski definition) is 4. The van der Waals surface area contributed by atoms with Crippen LogP contribution >= 0.6 is 11.8 Å². The molecule has 2 aromatic heterocycles. The zero-order chi connectivity index (χ0) is 22.2. The van der Waals surface area contributed by atoms with E-state index in [2.05, 4.69) is 9.97 Å². The SMILES string of the molecule is Cc1cccc2nc(SCc3ccc(C(=O)c4c[nH]c5ccccc45)cc3)n(C)c(=O)c12. The molecule has 0 aliphatic heterocycles. The fourth-order valence-electron chi connectivity index (χ4n) is 3.90. The molecule has 0 bridgehead atoms. The predicted molar refractivity (Wildman–Crippen MR) is 129 cm³/mol. The highest BCUT2D eigenvalue weighted by Crippen LogP contribution is 2.24. The molecular formula is C26H21N3O2S. The van der Waals surface area contributed by atoms with E-state index >= 15 is 0 Å². The number of aromatic nitrogens is 3. The summed E-state index contributed by atoms with van der Waals surface area (Å²) in [6, 6.07) is 21.1. The first-order valence-corrected chi connectivity index (χ1v) is 11.3. The minimum Gasteiger partial charge on any atom is -0.360 e. The van der Waals surface area contributed by atoms with Crippen LogP contribution in [0.3, 0.4) is 0 Å². The molecule has 0 atom stereocenters. The van der Waals surface area contributed by atoms with Crippen molar-refractivity contribution in [1.29, 1.82) is 0 Å². The lowest BCUT2D eigenvalue weighted by Gasteiger charge is -2.10. The number of fused-ring (bicyclic) bond motifs is 2. The Morgan fingerprint density at radius 2 is 1.81 bits per heavy atom. The Morgan fingerprint density at radius 3 is 2.62 bits per heavy atom. The van der Waals surface area contributed by atoms with Crippen LogP contribution in [0.25, 0.3) is 21.8 Å². The number of hydrogen-bond donors (Lipinski definition) is 1. The van der Waals surface area contributed by atoms with E-state index in [0.29, 0.717) is 27.4 Å². The van der Waals surface area contributed by atoms with Gasteiger partial charge in [-0.25, -0.2) is 4.98 Å². The number of rotatable bonds is 5. The smallest absolute Gasteiger partial charge is 0.262 e. The quantitative estimate of drug-likeness (QED) is 0.231. The number of nitrogens with zero attached hydrogens (tertiary/aromatic N) is 2. The lowest BCUT2D eigenvalue weighted by Crippen LogP contribution is -2.20. The molecule has 5 rings (SSSR count). The predicted octanol–water partition coefficient (Wildman–Crippen LogP) is 5.25. The number of ketones is 1. The standard InChI is InChI=1S/C26H21N3O2S/c1-16-6-5-9-22-23(16)25(31)29(2)26(28-22)32-15-17-10-12-18(13-11-17)24(30)20-14-27-21-8-4-3-7-19(20)21/h3-14,27H,15H2,1-2H3. The van der Waals surface area contributed by atoms with Gasteiger partial charge in [-0.2, -0.15) is 0 Å². The molecule has 158 valence electrons. The number of benzene rings is 3. The number of aromatic amines is 1. The first-order chi connectivity index (χ1) is 15.5. The van der Waals surface area contributed by atoms with Gasteiger partial charge in [-0.1, -0.05) is 66.4 Å². The number of carbonyl (C=O) groups excluding carboxylic acids is 1. The Labute approximate surface area is 189 Å². The first kappa shape index (κ1) is 20.3. The van der Waals surface area contributed by atoms with Gasteiger partial charge in [0.05, 0.1) is 10.9 Å². The summed E-state index contributed by atoms with van der Waals surface area (Å²) >= 11 is 1.51. The summed E-state index contributed by atoms with van der Waals surface area (Å²) in [4.78, 5) is 33.6. The number of thioether (sulfide) groups is 1. The van der Waals surface area contributed by atoms with Gasteiger partial charge in [-0.15, -0.1) is 0 Å². The van der Waals surface area contributed by atoms with E-state index in [9.17, 15) is 9.59 Å². The number of H-pyrrole nitrogens is 1. The summed E-state index contributed by atoms with van der Waals surface area (Å²) < 4.78 is 1.61. The highest BCUT2D eigenvalue weighted by Gasteiger charge is 2.14. The molecule has 0 aliphatic rings. The summed E-state index contributed by atoms with van der Waals surface area (Å²) in [5, 5.41) is 2.27. The van der Waals surface area contributed by atoms with Crippen molar-refractivity contribution in [2.24, 2.45) is 7.05 Å². The summed E-state index contributed by atoms with van der Waals surface area (Å²) in [5.41, 5.74) is 4.95. The minimum atomic E-state index is -0.0322. The van der Waals surface area contributed by atoms with Crippen molar-refractivity contribution < 1.29 is 4.79 Å². The maximum absolute atomic E-state index is 13.0. The topological polar surface area (TPSA) is 67.8 Å². The van der Waals surface area contributed by atoms with Crippen molar-refractivity contribution in [3.05, 3.63) is 106 Å². The van der Waals surface area contributed by atoms with E-state index in [1.165, 1.54) is 11.8 Å². The molecule has 0 spiro atoms. The van der Waals surface area contributed by atoms with Crippen molar-refractivity contribution in [3.8, 4) is 0 Å². The second-order valence-corrected chi connectivity index (χ2v) is 8.73. The van der Waals surface area contributed by atoms with Crippen LogP contribution in [-0.2, 0) is 12.8 Å². The molecule has 2 heterocycles. The molecule has 3 aromatic carbocycles. The van der Waals surface area contributed by atoms with Crippen LogP contribution in [0, 0.1) is 6.92 Å². The van der Waals surface area contributed by atoms with Crippen LogP contribution in [0.5, 0.6) is 0 Å². The van der Waals surface area contributed by atoms with E-state index in [0.717, 1.165) is 27.5 Å². The van der Waals surface area contributed by atoms with Gasteiger partial charge in [0, 0.05) is 41.0 Å². The normalized spacial score (nSPS) is 11.3. The number of aryl methyl sites for hydroxylation is 1. The molecule has 0 saturated heterocycles. The molecule has 0 radical (unpaired) electrons. The highest BCUT2D eigenvalue weighted by atomic mass is 32.2. The van der Waals surface area contributed by atoms with Gasteiger partial charge in [-0.3, -0.25) is 14.2 Å². The summed E-state index contributed by atoms with van der Waals surface area (Å²) in [5.74, 6) is 0.648.